The van der Waals surface area contributed by atoms with Gasteiger partial charge in [0.25, 0.3) is 10.9 Å². The molecule has 0 amide bonds. The number of rotatable bonds is 6. The van der Waals surface area contributed by atoms with Gasteiger partial charge in [-0.1, -0.05) is 17.8 Å². The minimum absolute atomic E-state index is 0.0207. The third-order valence-electron chi connectivity index (χ3n) is 3.56. The van der Waals surface area contributed by atoms with Crippen molar-refractivity contribution in [2.75, 3.05) is 0 Å². The second kappa shape index (κ2) is 7.62. The Morgan fingerprint density at radius 1 is 1.19 bits per heavy atom. The van der Waals surface area contributed by atoms with E-state index in [-0.39, 0.29) is 22.4 Å². The molecule has 0 fully saturated rings. The number of ketones is 1. The van der Waals surface area contributed by atoms with Crippen LogP contribution in [0.25, 0.3) is 11.5 Å². The van der Waals surface area contributed by atoms with Crippen LogP contribution >= 0.6 is 11.8 Å². The number of thioether (sulfide) groups is 1. The summed E-state index contributed by atoms with van der Waals surface area (Å²) < 4.78 is 31.7. The van der Waals surface area contributed by atoms with Crippen LogP contribution in [0.1, 0.15) is 17.3 Å². The number of Topliss-reactive ketones (excluding diaryl/α,β-unsaturated/α-hetero) is 1. The molecule has 0 unspecified atom stereocenters. The third kappa shape index (κ3) is 4.17. The first-order valence-corrected chi connectivity index (χ1v) is 8.47. The molecule has 1 atom stereocenters. The Morgan fingerprint density at radius 3 is 2.67 bits per heavy atom. The summed E-state index contributed by atoms with van der Waals surface area (Å²) >= 11 is 0.943. The van der Waals surface area contributed by atoms with Crippen molar-refractivity contribution in [2.24, 2.45) is 0 Å². The van der Waals surface area contributed by atoms with Gasteiger partial charge in [-0.25, -0.2) is 8.78 Å². The Hall–Kier alpha value is -3.14. The minimum atomic E-state index is -1.11. The molecule has 0 bridgehead atoms. The maximum absolute atomic E-state index is 13.3. The number of nitro benzene ring substituents is 1. The molecule has 138 valence electrons. The highest BCUT2D eigenvalue weighted by Crippen LogP contribution is 2.29. The Morgan fingerprint density at radius 2 is 1.96 bits per heavy atom. The van der Waals surface area contributed by atoms with Gasteiger partial charge in [-0.3, -0.25) is 14.9 Å². The summed E-state index contributed by atoms with van der Waals surface area (Å²) in [6.07, 6.45) is 0. The van der Waals surface area contributed by atoms with Gasteiger partial charge in [-0.05, 0) is 31.2 Å². The Bertz CT molecular complexity index is 1020. The average Bonchev–Trinajstić information content (AvgIpc) is 3.12. The number of nitro groups is 1. The Kier molecular flexibility index (Phi) is 5.26. The number of aromatic nitrogens is 2. The van der Waals surface area contributed by atoms with Crippen LogP contribution in [0.4, 0.5) is 14.5 Å². The quantitative estimate of drug-likeness (QED) is 0.267. The number of hydrogen-bond donors (Lipinski definition) is 0. The topological polar surface area (TPSA) is 99.1 Å². The van der Waals surface area contributed by atoms with E-state index in [2.05, 4.69) is 10.2 Å². The van der Waals surface area contributed by atoms with E-state index in [1.165, 1.54) is 24.3 Å². The predicted octanol–water partition coefficient (Wildman–Crippen LogP) is 4.29. The Balaban J connectivity index is 1.75. The number of halogens is 2. The van der Waals surface area contributed by atoms with Gasteiger partial charge in [0, 0.05) is 23.3 Å². The van der Waals surface area contributed by atoms with Gasteiger partial charge >= 0.3 is 0 Å². The van der Waals surface area contributed by atoms with Crippen molar-refractivity contribution in [3.05, 3.63) is 69.8 Å². The number of nitrogens with zero attached hydrogens (tertiary/aromatic N) is 3. The zero-order chi connectivity index (χ0) is 19.6. The minimum Gasteiger partial charge on any atom is -0.411 e. The molecular formula is C17H11F2N3O4S. The van der Waals surface area contributed by atoms with Crippen molar-refractivity contribution in [1.29, 1.82) is 0 Å². The molecule has 0 aliphatic carbocycles. The van der Waals surface area contributed by atoms with Crippen LogP contribution in [0, 0.1) is 21.7 Å². The number of non-ortho nitro benzene ring substituents is 1. The van der Waals surface area contributed by atoms with Crippen LogP contribution in [0.2, 0.25) is 0 Å². The van der Waals surface area contributed by atoms with E-state index < -0.39 is 27.6 Å². The molecule has 3 rings (SSSR count). The highest BCUT2D eigenvalue weighted by Gasteiger charge is 2.21. The largest absolute Gasteiger partial charge is 0.411 e. The summed E-state index contributed by atoms with van der Waals surface area (Å²) in [5.74, 6) is -2.52. The number of carbonyl (C=O) groups is 1. The molecule has 27 heavy (non-hydrogen) atoms. The molecule has 7 nitrogen and oxygen atoms in total. The van der Waals surface area contributed by atoms with Gasteiger partial charge in [-0.2, -0.15) is 0 Å². The SMILES string of the molecule is C[C@@H](Sc1nnc(-c2cccc([N+](=O)[O-])c2)o1)C(=O)c1ccc(F)c(F)c1. The van der Waals surface area contributed by atoms with E-state index in [4.69, 9.17) is 4.42 Å². The van der Waals surface area contributed by atoms with Crippen LogP contribution in [-0.4, -0.2) is 26.2 Å². The van der Waals surface area contributed by atoms with Gasteiger partial charge < -0.3 is 4.42 Å². The lowest BCUT2D eigenvalue weighted by Gasteiger charge is -2.07. The molecule has 0 N–H and O–H groups in total. The van der Waals surface area contributed by atoms with Crippen molar-refractivity contribution < 1.29 is 22.9 Å². The lowest BCUT2D eigenvalue weighted by Crippen LogP contribution is -2.14. The molecule has 0 aliphatic rings. The second-order valence-corrected chi connectivity index (χ2v) is 6.73. The maximum Gasteiger partial charge on any atom is 0.277 e. The monoisotopic (exact) mass is 391 g/mol. The zero-order valence-corrected chi connectivity index (χ0v) is 14.6. The fraction of sp³-hybridized carbons (Fsp3) is 0.118. The van der Waals surface area contributed by atoms with Crippen LogP contribution in [0.15, 0.2) is 52.1 Å². The lowest BCUT2D eigenvalue weighted by atomic mass is 10.1. The van der Waals surface area contributed by atoms with E-state index in [0.717, 1.165) is 23.9 Å². The summed E-state index contributed by atoms with van der Waals surface area (Å²) in [5, 5.41) is 17.8. The highest BCUT2D eigenvalue weighted by molar-refractivity contribution is 8.00. The molecule has 10 heteroatoms. The molecule has 0 aliphatic heterocycles. The summed E-state index contributed by atoms with van der Waals surface area (Å²) in [4.78, 5) is 22.6. The van der Waals surface area contributed by atoms with Gasteiger partial charge in [0.1, 0.15) is 0 Å². The summed E-state index contributed by atoms with van der Waals surface area (Å²) in [6.45, 7) is 1.56. The van der Waals surface area contributed by atoms with Crippen LogP contribution in [0.5, 0.6) is 0 Å². The first-order valence-electron chi connectivity index (χ1n) is 7.59. The second-order valence-electron chi connectivity index (χ2n) is 5.43. The predicted molar refractivity (Wildman–Crippen MR) is 92.4 cm³/mol. The van der Waals surface area contributed by atoms with Crippen molar-refractivity contribution in [2.45, 2.75) is 17.4 Å². The van der Waals surface area contributed by atoms with E-state index >= 15 is 0 Å². The van der Waals surface area contributed by atoms with E-state index in [0.29, 0.717) is 5.56 Å². The molecule has 1 aromatic heterocycles. The lowest BCUT2D eigenvalue weighted by molar-refractivity contribution is -0.384. The summed E-state index contributed by atoms with van der Waals surface area (Å²) in [7, 11) is 0. The molecule has 0 saturated carbocycles. The highest BCUT2D eigenvalue weighted by atomic mass is 32.2. The van der Waals surface area contributed by atoms with E-state index in [1.54, 1.807) is 13.0 Å². The van der Waals surface area contributed by atoms with Crippen LogP contribution < -0.4 is 0 Å². The molecule has 1 heterocycles. The average molecular weight is 391 g/mol. The zero-order valence-electron chi connectivity index (χ0n) is 13.8. The molecule has 2 aromatic carbocycles. The molecule has 0 saturated heterocycles. The van der Waals surface area contributed by atoms with Crippen LogP contribution in [0.3, 0.4) is 0 Å². The van der Waals surface area contributed by atoms with Crippen molar-refractivity contribution in [1.82, 2.24) is 10.2 Å². The summed E-state index contributed by atoms with van der Waals surface area (Å²) in [6, 6.07) is 8.59. The fourth-order valence-electron chi connectivity index (χ4n) is 2.22. The van der Waals surface area contributed by atoms with Crippen LogP contribution in [-0.2, 0) is 0 Å². The van der Waals surface area contributed by atoms with Gasteiger partial charge in [-0.15, -0.1) is 10.2 Å². The standard InChI is InChI=1S/C17H11F2N3O4S/c1-9(15(23)10-5-6-13(18)14(19)8-10)27-17-21-20-16(26-17)11-3-2-4-12(7-11)22(24)25/h2-9H,1H3/t9-/m1/s1. The normalized spacial score (nSPS) is 12.0. The summed E-state index contributed by atoms with van der Waals surface area (Å²) in [5.41, 5.74) is 0.261. The molecular weight excluding hydrogens is 380 g/mol. The first-order chi connectivity index (χ1) is 12.8. The third-order valence-corrected chi connectivity index (χ3v) is 4.50. The smallest absolute Gasteiger partial charge is 0.277 e. The Labute approximate surface area is 155 Å². The first kappa shape index (κ1) is 18.6. The molecule has 0 spiro atoms. The van der Waals surface area contributed by atoms with Crippen molar-refractivity contribution in [3.8, 4) is 11.5 Å². The van der Waals surface area contributed by atoms with Gasteiger partial charge in [0.15, 0.2) is 17.4 Å². The van der Waals surface area contributed by atoms with Gasteiger partial charge in [0.05, 0.1) is 10.2 Å². The molecule has 0 radical (unpaired) electrons. The maximum atomic E-state index is 13.3. The fourth-order valence-corrected chi connectivity index (χ4v) is 2.98. The van der Waals surface area contributed by atoms with E-state index in [1.807, 2.05) is 0 Å². The number of hydrogen-bond acceptors (Lipinski definition) is 7. The molecule has 3 aromatic rings. The van der Waals surface area contributed by atoms with E-state index in [9.17, 15) is 23.7 Å². The van der Waals surface area contributed by atoms with Crippen molar-refractivity contribution >= 4 is 23.2 Å². The number of carbonyl (C=O) groups excluding carboxylic acids is 1. The van der Waals surface area contributed by atoms with Gasteiger partial charge in [0.2, 0.25) is 5.89 Å². The van der Waals surface area contributed by atoms with Crippen molar-refractivity contribution in [3.63, 3.8) is 0 Å². The number of benzene rings is 2.